The number of aromatic nitrogens is 3. The highest BCUT2D eigenvalue weighted by Gasteiger charge is 2.21. The molecule has 6 nitrogen and oxygen atoms in total. The third kappa shape index (κ3) is 2.28. The van der Waals surface area contributed by atoms with Crippen LogP contribution in [0.3, 0.4) is 0 Å². The zero-order chi connectivity index (χ0) is 15.7. The summed E-state index contributed by atoms with van der Waals surface area (Å²) in [4.78, 5) is 14.0. The molecule has 0 aliphatic carbocycles. The predicted octanol–water partition coefficient (Wildman–Crippen LogP) is 2.53. The maximum Gasteiger partial charge on any atom is 0.280 e. The normalized spacial score (nSPS) is 10.4. The first kappa shape index (κ1) is 14.0. The van der Waals surface area contributed by atoms with Gasteiger partial charge in [-0.15, -0.1) is 5.10 Å². The molecular formula is C15H10ClN5O. The SMILES string of the molecule is CN(C(=O)c1nnn2ccccc12)c1cc(Cl)ccc1C#N. The van der Waals surface area contributed by atoms with E-state index < -0.39 is 0 Å². The molecule has 0 spiro atoms. The Labute approximate surface area is 131 Å². The number of benzene rings is 1. The highest BCUT2D eigenvalue weighted by molar-refractivity contribution is 6.31. The molecule has 0 aliphatic rings. The molecule has 0 radical (unpaired) electrons. The first-order chi connectivity index (χ1) is 10.6. The molecule has 0 unspecified atom stereocenters. The molecule has 0 bridgehead atoms. The third-order valence-electron chi connectivity index (χ3n) is 3.27. The van der Waals surface area contributed by atoms with Crippen LogP contribution in [0.4, 0.5) is 5.69 Å². The van der Waals surface area contributed by atoms with Gasteiger partial charge in [0, 0.05) is 18.3 Å². The fourth-order valence-electron chi connectivity index (χ4n) is 2.14. The lowest BCUT2D eigenvalue weighted by Gasteiger charge is -2.17. The molecule has 0 N–H and O–H groups in total. The lowest BCUT2D eigenvalue weighted by Crippen LogP contribution is -2.27. The highest BCUT2D eigenvalue weighted by atomic mass is 35.5. The van der Waals surface area contributed by atoms with Crippen LogP contribution in [0.15, 0.2) is 42.6 Å². The summed E-state index contributed by atoms with van der Waals surface area (Å²) in [7, 11) is 1.57. The Morgan fingerprint density at radius 2 is 2.18 bits per heavy atom. The molecule has 0 fully saturated rings. The Bertz CT molecular complexity index is 912. The van der Waals surface area contributed by atoms with Gasteiger partial charge in [0.1, 0.15) is 6.07 Å². The van der Waals surface area contributed by atoms with E-state index in [0.717, 1.165) is 0 Å². The van der Waals surface area contributed by atoms with Gasteiger partial charge >= 0.3 is 0 Å². The fraction of sp³-hybridized carbons (Fsp3) is 0.0667. The molecule has 1 aromatic carbocycles. The molecule has 22 heavy (non-hydrogen) atoms. The molecule has 3 aromatic rings. The van der Waals surface area contributed by atoms with E-state index in [0.29, 0.717) is 21.8 Å². The van der Waals surface area contributed by atoms with Gasteiger partial charge in [0.05, 0.1) is 16.8 Å². The van der Waals surface area contributed by atoms with E-state index in [2.05, 4.69) is 10.3 Å². The van der Waals surface area contributed by atoms with E-state index >= 15 is 0 Å². The summed E-state index contributed by atoms with van der Waals surface area (Å²) in [6.07, 6.45) is 1.71. The van der Waals surface area contributed by atoms with Crippen LogP contribution in [0.25, 0.3) is 5.52 Å². The van der Waals surface area contributed by atoms with Gasteiger partial charge in [0.15, 0.2) is 5.69 Å². The monoisotopic (exact) mass is 311 g/mol. The summed E-state index contributed by atoms with van der Waals surface area (Å²) >= 11 is 5.96. The largest absolute Gasteiger partial charge is 0.309 e. The van der Waals surface area contributed by atoms with Gasteiger partial charge in [-0.25, -0.2) is 4.52 Å². The number of nitriles is 1. The lowest BCUT2D eigenvalue weighted by molar-refractivity contribution is 0.0989. The number of nitrogens with zero attached hydrogens (tertiary/aromatic N) is 5. The molecule has 3 rings (SSSR count). The molecular weight excluding hydrogens is 302 g/mol. The first-order valence-corrected chi connectivity index (χ1v) is 6.77. The van der Waals surface area contributed by atoms with Gasteiger partial charge in [0.2, 0.25) is 0 Å². The van der Waals surface area contributed by atoms with Crippen LogP contribution in [0, 0.1) is 11.3 Å². The number of carbonyl (C=O) groups is 1. The van der Waals surface area contributed by atoms with Gasteiger partial charge in [0.25, 0.3) is 5.91 Å². The smallest absolute Gasteiger partial charge is 0.280 e. The molecule has 7 heteroatoms. The minimum Gasteiger partial charge on any atom is -0.309 e. The van der Waals surface area contributed by atoms with Crippen LogP contribution >= 0.6 is 11.6 Å². The molecule has 2 aromatic heterocycles. The van der Waals surface area contributed by atoms with E-state index in [4.69, 9.17) is 11.6 Å². The quantitative estimate of drug-likeness (QED) is 0.729. The number of halogens is 1. The number of pyridine rings is 1. The van der Waals surface area contributed by atoms with Crippen LogP contribution in [-0.2, 0) is 0 Å². The van der Waals surface area contributed by atoms with Gasteiger partial charge in [-0.1, -0.05) is 22.9 Å². The van der Waals surface area contributed by atoms with Crippen molar-refractivity contribution in [2.45, 2.75) is 0 Å². The van der Waals surface area contributed by atoms with Crippen molar-refractivity contribution in [1.82, 2.24) is 14.8 Å². The molecule has 0 atom stereocenters. The van der Waals surface area contributed by atoms with Crippen LogP contribution in [-0.4, -0.2) is 27.8 Å². The van der Waals surface area contributed by atoms with Crippen molar-refractivity contribution in [3.8, 4) is 6.07 Å². The number of hydrogen-bond donors (Lipinski definition) is 0. The molecule has 2 heterocycles. The van der Waals surface area contributed by atoms with Crippen molar-refractivity contribution in [2.75, 3.05) is 11.9 Å². The van der Waals surface area contributed by atoms with Crippen LogP contribution in [0.1, 0.15) is 16.1 Å². The third-order valence-corrected chi connectivity index (χ3v) is 3.51. The summed E-state index contributed by atoms with van der Waals surface area (Å²) in [6.45, 7) is 0. The summed E-state index contributed by atoms with van der Waals surface area (Å²) in [5, 5.41) is 17.5. The van der Waals surface area contributed by atoms with Crippen molar-refractivity contribution in [2.24, 2.45) is 0 Å². The minimum absolute atomic E-state index is 0.215. The Hall–Kier alpha value is -2.91. The maximum atomic E-state index is 12.7. The molecule has 0 saturated heterocycles. The van der Waals surface area contributed by atoms with Crippen LogP contribution in [0.5, 0.6) is 0 Å². The molecule has 108 valence electrons. The summed E-state index contributed by atoms with van der Waals surface area (Å²) in [5.41, 5.74) is 1.60. The van der Waals surface area contributed by atoms with Gasteiger partial charge in [-0.05, 0) is 30.3 Å². The second-order valence-corrected chi connectivity index (χ2v) is 5.04. The molecule has 0 aliphatic heterocycles. The Balaban J connectivity index is 2.06. The number of rotatable bonds is 2. The highest BCUT2D eigenvalue weighted by Crippen LogP contribution is 2.25. The Morgan fingerprint density at radius 3 is 2.95 bits per heavy atom. The average Bonchev–Trinajstić information content (AvgIpc) is 2.97. The average molecular weight is 312 g/mol. The maximum absolute atomic E-state index is 12.7. The summed E-state index contributed by atoms with van der Waals surface area (Å²) < 4.78 is 1.52. The van der Waals surface area contributed by atoms with Crippen molar-refractivity contribution in [1.29, 1.82) is 5.26 Å². The second kappa shape index (κ2) is 5.47. The van der Waals surface area contributed by atoms with Crippen LogP contribution in [0.2, 0.25) is 5.02 Å². The number of fused-ring (bicyclic) bond motifs is 1. The number of amides is 1. The lowest BCUT2D eigenvalue weighted by atomic mass is 10.1. The second-order valence-electron chi connectivity index (χ2n) is 4.61. The zero-order valence-corrected chi connectivity index (χ0v) is 12.3. The molecule has 0 saturated carbocycles. The zero-order valence-electron chi connectivity index (χ0n) is 11.6. The minimum atomic E-state index is -0.361. The Morgan fingerprint density at radius 1 is 1.36 bits per heavy atom. The van der Waals surface area contributed by atoms with E-state index in [1.54, 1.807) is 49.6 Å². The van der Waals surface area contributed by atoms with E-state index in [-0.39, 0.29) is 11.6 Å². The van der Waals surface area contributed by atoms with Gasteiger partial charge < -0.3 is 4.90 Å². The van der Waals surface area contributed by atoms with Gasteiger partial charge in [-0.2, -0.15) is 5.26 Å². The van der Waals surface area contributed by atoms with Crippen LogP contribution < -0.4 is 4.90 Å². The first-order valence-electron chi connectivity index (χ1n) is 6.39. The fourth-order valence-corrected chi connectivity index (χ4v) is 2.31. The predicted molar refractivity (Wildman–Crippen MR) is 81.9 cm³/mol. The van der Waals surface area contributed by atoms with Crippen molar-refractivity contribution in [3.05, 3.63) is 58.9 Å². The Kier molecular flexibility index (Phi) is 3.49. The van der Waals surface area contributed by atoms with E-state index in [1.807, 2.05) is 6.07 Å². The summed E-state index contributed by atoms with van der Waals surface area (Å²) in [5.74, 6) is -0.361. The van der Waals surface area contributed by atoms with Crippen molar-refractivity contribution < 1.29 is 4.79 Å². The van der Waals surface area contributed by atoms with Crippen molar-refractivity contribution in [3.63, 3.8) is 0 Å². The van der Waals surface area contributed by atoms with Crippen molar-refractivity contribution >= 4 is 28.7 Å². The number of hydrogen-bond acceptors (Lipinski definition) is 4. The molecule has 1 amide bonds. The topological polar surface area (TPSA) is 74.3 Å². The number of anilines is 1. The van der Waals surface area contributed by atoms with E-state index in [9.17, 15) is 10.1 Å². The van der Waals surface area contributed by atoms with Gasteiger partial charge in [-0.3, -0.25) is 4.79 Å². The summed E-state index contributed by atoms with van der Waals surface area (Å²) in [6, 6.07) is 12.2. The standard InChI is InChI=1S/C15H10ClN5O/c1-20(13-8-11(16)6-5-10(13)9-17)15(22)14-12-4-2-3-7-21(12)19-18-14/h2-8H,1H3. The number of carbonyl (C=O) groups excluding carboxylic acids is 1. The van der Waals surface area contributed by atoms with E-state index in [1.165, 1.54) is 9.42 Å².